The zero-order chi connectivity index (χ0) is 12.0. The molecule has 0 aromatic carbocycles. The van der Waals surface area contributed by atoms with Gasteiger partial charge in [-0.1, -0.05) is 15.9 Å². The number of hydrogen-bond donors (Lipinski definition) is 2. The van der Waals surface area contributed by atoms with Crippen LogP contribution in [0, 0.1) is 11.8 Å². The molecule has 6 atom stereocenters. The zero-order valence-electron chi connectivity index (χ0n) is 10.6. The summed E-state index contributed by atoms with van der Waals surface area (Å²) in [6.45, 7) is 1.22. The molecule has 3 nitrogen and oxygen atoms in total. The summed E-state index contributed by atoms with van der Waals surface area (Å²) in [6.07, 6.45) is 6.98. The highest BCUT2D eigenvalue weighted by Crippen LogP contribution is 2.40. The first-order valence-electron chi connectivity index (χ1n) is 7.03. The third kappa shape index (κ3) is 2.18. The van der Waals surface area contributed by atoms with E-state index in [0.29, 0.717) is 34.9 Å². The van der Waals surface area contributed by atoms with Crippen LogP contribution in [0.1, 0.15) is 32.1 Å². The Morgan fingerprint density at radius 1 is 1.24 bits per heavy atom. The lowest BCUT2D eigenvalue weighted by Crippen LogP contribution is -2.68. The zero-order valence-corrected chi connectivity index (χ0v) is 12.2. The first-order valence-corrected chi connectivity index (χ1v) is 7.94. The molecule has 0 aromatic rings. The second kappa shape index (κ2) is 4.80. The van der Waals surface area contributed by atoms with Crippen molar-refractivity contribution in [1.29, 1.82) is 0 Å². The van der Waals surface area contributed by atoms with Crippen LogP contribution in [0.3, 0.4) is 0 Å². The Balaban J connectivity index is 1.78. The van der Waals surface area contributed by atoms with Crippen molar-refractivity contribution in [2.24, 2.45) is 17.6 Å². The van der Waals surface area contributed by atoms with Crippen molar-refractivity contribution in [2.45, 2.75) is 55.2 Å². The predicted molar refractivity (Wildman–Crippen MR) is 74.1 cm³/mol. The molecule has 1 aliphatic carbocycles. The van der Waals surface area contributed by atoms with E-state index < -0.39 is 0 Å². The van der Waals surface area contributed by atoms with Gasteiger partial charge in [-0.05, 0) is 51.6 Å². The molecular formula is C13H24BrN3. The van der Waals surface area contributed by atoms with Crippen LogP contribution < -0.4 is 11.1 Å². The molecule has 1 saturated carbocycles. The second-order valence-corrected chi connectivity index (χ2v) is 7.45. The van der Waals surface area contributed by atoms with Crippen molar-refractivity contribution in [3.8, 4) is 0 Å². The van der Waals surface area contributed by atoms with E-state index >= 15 is 0 Å². The van der Waals surface area contributed by atoms with Gasteiger partial charge >= 0.3 is 0 Å². The summed E-state index contributed by atoms with van der Waals surface area (Å²) in [6, 6.07) is 1.05. The molecule has 0 spiro atoms. The van der Waals surface area contributed by atoms with Crippen molar-refractivity contribution >= 4 is 15.9 Å². The Morgan fingerprint density at radius 2 is 2.06 bits per heavy atom. The number of fused-ring (bicyclic) bond motifs is 2. The number of nitrogens with one attached hydrogen (secondary N) is 1. The van der Waals surface area contributed by atoms with Crippen molar-refractivity contribution < 1.29 is 0 Å². The molecule has 0 aromatic heterocycles. The standard InChI is InChI=1S/C13H24BrN3/c1-17-6-2-3-9-12(15)10-7-8(14)4-5-11(10)16-13(9)17/h8-13,16H,2-7,15H2,1H3. The minimum Gasteiger partial charge on any atom is -0.327 e. The fourth-order valence-electron chi connectivity index (χ4n) is 4.18. The number of piperidine rings is 2. The summed E-state index contributed by atoms with van der Waals surface area (Å²) in [4.78, 5) is 3.17. The minimum absolute atomic E-state index is 0.398. The molecule has 2 saturated heterocycles. The molecule has 17 heavy (non-hydrogen) atoms. The average Bonchev–Trinajstić information content (AvgIpc) is 2.32. The second-order valence-electron chi connectivity index (χ2n) is 6.16. The van der Waals surface area contributed by atoms with Crippen molar-refractivity contribution in [1.82, 2.24) is 10.2 Å². The van der Waals surface area contributed by atoms with Gasteiger partial charge in [0.25, 0.3) is 0 Å². The summed E-state index contributed by atoms with van der Waals surface area (Å²) < 4.78 is 0. The Hall–Kier alpha value is 0.360. The van der Waals surface area contributed by atoms with Crippen LogP contribution in [0.5, 0.6) is 0 Å². The van der Waals surface area contributed by atoms with Crippen LogP contribution in [-0.2, 0) is 0 Å². The van der Waals surface area contributed by atoms with Gasteiger partial charge in [0.15, 0.2) is 0 Å². The topological polar surface area (TPSA) is 41.3 Å². The monoisotopic (exact) mass is 301 g/mol. The SMILES string of the molecule is CN1CCCC2C(N)C3CC(Br)CCC3NC21. The molecule has 2 aliphatic heterocycles. The average molecular weight is 302 g/mol. The number of likely N-dealkylation sites (tertiary alicyclic amines) is 1. The lowest BCUT2D eigenvalue weighted by molar-refractivity contribution is -0.00478. The summed E-state index contributed by atoms with van der Waals surface area (Å²) in [5.41, 5.74) is 6.58. The predicted octanol–water partition coefficient (Wildman–Crippen LogP) is 1.52. The van der Waals surface area contributed by atoms with Crippen LogP contribution in [-0.4, -0.2) is 41.6 Å². The van der Waals surface area contributed by atoms with E-state index in [2.05, 4.69) is 33.2 Å². The van der Waals surface area contributed by atoms with Gasteiger partial charge in [-0.3, -0.25) is 10.2 Å². The lowest BCUT2D eigenvalue weighted by atomic mass is 9.69. The molecule has 0 amide bonds. The summed E-state index contributed by atoms with van der Waals surface area (Å²) >= 11 is 3.78. The maximum Gasteiger partial charge on any atom is 0.0640 e. The smallest absolute Gasteiger partial charge is 0.0640 e. The van der Waals surface area contributed by atoms with E-state index in [1.807, 2.05) is 0 Å². The maximum absolute atomic E-state index is 6.58. The highest BCUT2D eigenvalue weighted by atomic mass is 79.9. The first kappa shape index (κ1) is 12.4. The van der Waals surface area contributed by atoms with Gasteiger partial charge in [0.1, 0.15) is 0 Å². The Labute approximate surface area is 113 Å². The van der Waals surface area contributed by atoms with E-state index in [0.717, 1.165) is 0 Å². The summed E-state index contributed by atoms with van der Waals surface area (Å²) in [5, 5.41) is 3.88. The Bertz CT molecular complexity index is 284. The molecule has 3 aliphatic rings. The van der Waals surface area contributed by atoms with Gasteiger partial charge in [0, 0.05) is 22.8 Å². The van der Waals surface area contributed by atoms with E-state index in [4.69, 9.17) is 5.73 Å². The van der Waals surface area contributed by atoms with Gasteiger partial charge in [0.2, 0.25) is 0 Å². The number of nitrogens with two attached hydrogens (primary N) is 1. The third-order valence-corrected chi connectivity index (χ3v) is 5.97. The van der Waals surface area contributed by atoms with Gasteiger partial charge in [0.05, 0.1) is 6.17 Å². The molecule has 6 unspecified atom stereocenters. The quantitative estimate of drug-likeness (QED) is 0.667. The largest absolute Gasteiger partial charge is 0.327 e. The van der Waals surface area contributed by atoms with Gasteiger partial charge in [-0.15, -0.1) is 0 Å². The lowest BCUT2D eigenvalue weighted by Gasteiger charge is -2.54. The molecule has 3 rings (SSSR count). The van der Waals surface area contributed by atoms with E-state index in [-0.39, 0.29) is 0 Å². The van der Waals surface area contributed by atoms with Crippen molar-refractivity contribution in [2.75, 3.05) is 13.6 Å². The molecular weight excluding hydrogens is 278 g/mol. The number of rotatable bonds is 0. The number of nitrogens with zero attached hydrogens (tertiary/aromatic N) is 1. The Kier molecular flexibility index (Phi) is 3.50. The van der Waals surface area contributed by atoms with Crippen LogP contribution in [0.15, 0.2) is 0 Å². The molecule has 2 heterocycles. The molecule has 3 fully saturated rings. The van der Waals surface area contributed by atoms with Crippen molar-refractivity contribution in [3.63, 3.8) is 0 Å². The highest BCUT2D eigenvalue weighted by molar-refractivity contribution is 9.09. The van der Waals surface area contributed by atoms with Crippen LogP contribution in [0.4, 0.5) is 0 Å². The molecule has 0 bridgehead atoms. The van der Waals surface area contributed by atoms with Crippen LogP contribution >= 0.6 is 15.9 Å². The maximum atomic E-state index is 6.58. The molecule has 4 heteroatoms. The minimum atomic E-state index is 0.398. The molecule has 0 radical (unpaired) electrons. The number of hydrogen-bond acceptors (Lipinski definition) is 3. The van der Waals surface area contributed by atoms with E-state index in [9.17, 15) is 0 Å². The number of halogens is 1. The third-order valence-electron chi connectivity index (χ3n) is 5.14. The van der Waals surface area contributed by atoms with E-state index in [1.54, 1.807) is 0 Å². The molecule has 98 valence electrons. The highest BCUT2D eigenvalue weighted by Gasteiger charge is 2.46. The van der Waals surface area contributed by atoms with Gasteiger partial charge < -0.3 is 5.73 Å². The fraction of sp³-hybridized carbons (Fsp3) is 1.00. The fourth-order valence-corrected chi connectivity index (χ4v) is 4.87. The van der Waals surface area contributed by atoms with Crippen LogP contribution in [0.2, 0.25) is 0 Å². The summed E-state index contributed by atoms with van der Waals surface area (Å²) in [7, 11) is 2.24. The normalized spacial score (nSPS) is 51.7. The van der Waals surface area contributed by atoms with Crippen LogP contribution in [0.25, 0.3) is 0 Å². The molecule has 3 N–H and O–H groups in total. The Morgan fingerprint density at radius 3 is 2.88 bits per heavy atom. The van der Waals surface area contributed by atoms with Gasteiger partial charge in [-0.2, -0.15) is 0 Å². The first-order chi connectivity index (χ1) is 8.16. The summed E-state index contributed by atoms with van der Waals surface area (Å²) in [5.74, 6) is 1.34. The van der Waals surface area contributed by atoms with Crippen molar-refractivity contribution in [3.05, 3.63) is 0 Å². The van der Waals surface area contributed by atoms with Gasteiger partial charge in [-0.25, -0.2) is 0 Å². The number of alkyl halides is 1. The van der Waals surface area contributed by atoms with E-state index in [1.165, 1.54) is 38.6 Å².